The van der Waals surface area contributed by atoms with Crippen molar-refractivity contribution in [1.29, 1.82) is 0 Å². The first-order valence-corrected chi connectivity index (χ1v) is 12.3. The van der Waals surface area contributed by atoms with Crippen molar-refractivity contribution in [2.75, 3.05) is 0 Å². The van der Waals surface area contributed by atoms with Crippen molar-refractivity contribution >= 4 is 22.8 Å². The van der Waals surface area contributed by atoms with E-state index in [1.807, 2.05) is 48.5 Å². The molecule has 2 heterocycles. The molecule has 36 heavy (non-hydrogen) atoms. The first-order valence-electron chi connectivity index (χ1n) is 11.9. The summed E-state index contributed by atoms with van der Waals surface area (Å²) in [7, 11) is 0. The van der Waals surface area contributed by atoms with Crippen molar-refractivity contribution in [1.82, 2.24) is 15.0 Å². The number of benzene rings is 4. The Bertz CT molecular complexity index is 1750. The summed E-state index contributed by atoms with van der Waals surface area (Å²) in [6, 6.07) is 39.4. The molecular weight excluding hydrogens is 462 g/mol. The zero-order chi connectivity index (χ0) is 24.1. The second-order valence-corrected chi connectivity index (χ2v) is 9.36. The van der Waals surface area contributed by atoms with Crippen LogP contribution >= 0.6 is 11.6 Å². The summed E-state index contributed by atoms with van der Waals surface area (Å²) in [4.78, 5) is 15.0. The van der Waals surface area contributed by atoms with Crippen LogP contribution in [0.2, 0.25) is 5.02 Å². The molecule has 0 spiro atoms. The van der Waals surface area contributed by atoms with E-state index >= 15 is 0 Å². The highest BCUT2D eigenvalue weighted by molar-refractivity contribution is 6.34. The molecule has 170 valence electrons. The molecule has 2 aromatic heterocycles. The van der Waals surface area contributed by atoms with Gasteiger partial charge in [-0.25, -0.2) is 15.0 Å². The van der Waals surface area contributed by atoms with E-state index in [4.69, 9.17) is 21.6 Å². The molecule has 0 fully saturated rings. The van der Waals surface area contributed by atoms with Crippen molar-refractivity contribution in [3.8, 4) is 22.4 Å². The topological polar surface area (TPSA) is 38.7 Å². The number of halogens is 1. The fourth-order valence-corrected chi connectivity index (χ4v) is 5.90. The maximum absolute atomic E-state index is 6.91. The molecule has 0 aliphatic heterocycles. The number of rotatable bonds is 3. The van der Waals surface area contributed by atoms with Crippen molar-refractivity contribution in [3.05, 3.63) is 149 Å². The summed E-state index contributed by atoms with van der Waals surface area (Å²) in [6.07, 6.45) is 1.76. The van der Waals surface area contributed by atoms with E-state index in [2.05, 4.69) is 71.7 Å². The fraction of sp³-hybridized carbons (Fsp3) is 0.0312. The first-order chi connectivity index (χ1) is 17.8. The molecule has 1 aliphatic carbocycles. The Labute approximate surface area is 214 Å². The summed E-state index contributed by atoms with van der Waals surface area (Å²) >= 11 is 6.91. The summed E-state index contributed by atoms with van der Waals surface area (Å²) in [5.74, 6) is 0. The third-order valence-electron chi connectivity index (χ3n) is 7.07. The predicted octanol–water partition coefficient (Wildman–Crippen LogP) is 7.71. The zero-order valence-corrected chi connectivity index (χ0v) is 20.0. The molecule has 4 heteroatoms. The Balaban J connectivity index is 1.72. The molecule has 0 radical (unpaired) electrons. The normalized spacial score (nSPS) is 16.0. The van der Waals surface area contributed by atoms with Gasteiger partial charge >= 0.3 is 0 Å². The van der Waals surface area contributed by atoms with Gasteiger partial charge in [0.1, 0.15) is 5.52 Å². The van der Waals surface area contributed by atoms with Gasteiger partial charge < -0.3 is 0 Å². The molecule has 0 saturated heterocycles. The second kappa shape index (κ2) is 8.11. The lowest BCUT2D eigenvalue weighted by Crippen LogP contribution is -2.31. The van der Waals surface area contributed by atoms with Gasteiger partial charge in [-0.15, -0.1) is 0 Å². The third-order valence-corrected chi connectivity index (χ3v) is 7.38. The van der Waals surface area contributed by atoms with Crippen LogP contribution < -0.4 is 0 Å². The quantitative estimate of drug-likeness (QED) is 0.259. The molecule has 0 amide bonds. The highest BCUT2D eigenvalue weighted by Gasteiger charge is 2.49. The maximum atomic E-state index is 6.91. The van der Waals surface area contributed by atoms with Gasteiger partial charge in [-0.05, 0) is 40.5 Å². The maximum Gasteiger partial charge on any atom is 0.178 e. The van der Waals surface area contributed by atoms with Gasteiger partial charge in [0.15, 0.2) is 5.65 Å². The number of hydrogen-bond donors (Lipinski definition) is 0. The van der Waals surface area contributed by atoms with Crippen LogP contribution in [0.25, 0.3) is 33.5 Å². The molecule has 0 bridgehead atoms. The number of nitrogens with zero attached hydrogens (tertiary/aromatic N) is 3. The van der Waals surface area contributed by atoms with Gasteiger partial charge in [0.2, 0.25) is 0 Å². The molecule has 1 unspecified atom stereocenters. The Hall–Kier alpha value is -4.34. The van der Waals surface area contributed by atoms with E-state index in [-0.39, 0.29) is 0 Å². The predicted molar refractivity (Wildman–Crippen MR) is 145 cm³/mol. The Kier molecular flexibility index (Phi) is 4.73. The second-order valence-electron chi connectivity index (χ2n) is 8.96. The third kappa shape index (κ3) is 2.90. The van der Waals surface area contributed by atoms with Crippen LogP contribution in [0.15, 0.2) is 121 Å². The molecule has 6 aromatic rings. The van der Waals surface area contributed by atoms with Crippen molar-refractivity contribution in [3.63, 3.8) is 0 Å². The van der Waals surface area contributed by atoms with Crippen LogP contribution in [0.1, 0.15) is 22.4 Å². The van der Waals surface area contributed by atoms with Gasteiger partial charge in [0.05, 0.1) is 16.8 Å². The average Bonchev–Trinajstić information content (AvgIpc) is 3.25. The van der Waals surface area contributed by atoms with Crippen molar-refractivity contribution < 1.29 is 0 Å². The molecule has 1 atom stereocenters. The molecule has 1 aliphatic rings. The van der Waals surface area contributed by atoms with Crippen molar-refractivity contribution in [2.24, 2.45) is 0 Å². The standard InChI is InChI=1S/C32H20ClN3/c33-26-18-9-17-25-28(26)23-15-7-8-16-24(23)32(25,22-13-5-2-6-14-22)30-29(21-11-3-1-4-12-21)36-31-27(35-30)19-10-20-34-31/h1-20H. The molecular formula is C32H20ClN3. The lowest BCUT2D eigenvalue weighted by molar-refractivity contribution is 0.736. The Morgan fingerprint density at radius 2 is 1.33 bits per heavy atom. The van der Waals surface area contributed by atoms with Crippen LogP contribution in [0.4, 0.5) is 0 Å². The van der Waals surface area contributed by atoms with Gasteiger partial charge in [-0.3, -0.25) is 0 Å². The molecule has 0 N–H and O–H groups in total. The SMILES string of the molecule is Clc1cccc2c1-c1ccccc1C2(c1ccccc1)c1nc2cccnc2nc1-c1ccccc1. The number of hydrogen-bond acceptors (Lipinski definition) is 3. The average molecular weight is 482 g/mol. The summed E-state index contributed by atoms with van der Waals surface area (Å²) in [5, 5.41) is 0.731. The van der Waals surface area contributed by atoms with Crippen LogP contribution in [0, 0.1) is 0 Å². The lowest BCUT2D eigenvalue weighted by Gasteiger charge is -2.34. The zero-order valence-electron chi connectivity index (χ0n) is 19.3. The van der Waals surface area contributed by atoms with Gasteiger partial charge in [0.25, 0.3) is 0 Å². The van der Waals surface area contributed by atoms with E-state index in [9.17, 15) is 0 Å². The number of pyridine rings is 1. The smallest absolute Gasteiger partial charge is 0.178 e. The van der Waals surface area contributed by atoms with Gasteiger partial charge in [-0.2, -0.15) is 0 Å². The minimum atomic E-state index is -0.708. The number of fused-ring (bicyclic) bond motifs is 4. The number of aromatic nitrogens is 3. The van der Waals surface area contributed by atoms with E-state index in [0.29, 0.717) is 5.65 Å². The van der Waals surface area contributed by atoms with E-state index < -0.39 is 5.41 Å². The van der Waals surface area contributed by atoms with E-state index in [1.165, 1.54) is 0 Å². The lowest BCUT2D eigenvalue weighted by atomic mass is 9.69. The summed E-state index contributed by atoms with van der Waals surface area (Å²) < 4.78 is 0. The Morgan fingerprint density at radius 1 is 0.611 bits per heavy atom. The molecule has 4 aromatic carbocycles. The monoisotopic (exact) mass is 481 g/mol. The Morgan fingerprint density at radius 3 is 2.17 bits per heavy atom. The molecule has 3 nitrogen and oxygen atoms in total. The van der Waals surface area contributed by atoms with Crippen LogP contribution in [0.5, 0.6) is 0 Å². The van der Waals surface area contributed by atoms with E-state index in [0.717, 1.165) is 55.3 Å². The highest BCUT2D eigenvalue weighted by Crippen LogP contribution is 2.58. The fourth-order valence-electron chi connectivity index (χ4n) is 5.63. The van der Waals surface area contributed by atoms with Gasteiger partial charge in [0, 0.05) is 22.3 Å². The summed E-state index contributed by atoms with van der Waals surface area (Å²) in [5.41, 5.74) is 8.90. The highest BCUT2D eigenvalue weighted by atomic mass is 35.5. The molecule has 7 rings (SSSR count). The first kappa shape index (κ1) is 21.0. The van der Waals surface area contributed by atoms with Crippen LogP contribution in [0.3, 0.4) is 0 Å². The summed E-state index contributed by atoms with van der Waals surface area (Å²) in [6.45, 7) is 0. The van der Waals surface area contributed by atoms with Crippen molar-refractivity contribution in [2.45, 2.75) is 5.41 Å². The largest absolute Gasteiger partial charge is 0.246 e. The minimum Gasteiger partial charge on any atom is -0.246 e. The van der Waals surface area contributed by atoms with E-state index in [1.54, 1.807) is 6.20 Å². The minimum absolute atomic E-state index is 0.626. The van der Waals surface area contributed by atoms with Gasteiger partial charge in [-0.1, -0.05) is 109 Å². The molecule has 0 saturated carbocycles. The van der Waals surface area contributed by atoms with Crippen LogP contribution in [-0.2, 0) is 5.41 Å². The van der Waals surface area contributed by atoms with Crippen LogP contribution in [-0.4, -0.2) is 15.0 Å².